The van der Waals surface area contributed by atoms with E-state index in [0.29, 0.717) is 6.54 Å². The Morgan fingerprint density at radius 3 is 3.05 bits per heavy atom. The number of hydrogen-bond acceptors (Lipinski definition) is 3. The number of halogens is 1. The van der Waals surface area contributed by atoms with Crippen LogP contribution in [0.5, 0.6) is 0 Å². The van der Waals surface area contributed by atoms with Gasteiger partial charge in [-0.05, 0) is 52.5 Å². The van der Waals surface area contributed by atoms with Crippen LogP contribution in [0.25, 0.3) is 6.08 Å². The Kier molecular flexibility index (Phi) is 5.55. The van der Waals surface area contributed by atoms with Crippen LogP contribution in [-0.2, 0) is 18.3 Å². The van der Waals surface area contributed by atoms with Gasteiger partial charge in [0, 0.05) is 30.7 Å². The highest BCUT2D eigenvalue weighted by atomic mass is 79.9. The number of nitrogens with zero attached hydrogens (tertiary/aromatic N) is 2. The number of aryl methyl sites for hydroxylation is 2. The molecule has 0 spiro atoms. The molecule has 0 bridgehead atoms. The quantitative estimate of drug-likeness (QED) is 0.640. The number of carbonyl (C=O) groups excluding carboxylic acids is 1. The van der Waals surface area contributed by atoms with Crippen molar-refractivity contribution >= 4 is 39.2 Å². The summed E-state index contributed by atoms with van der Waals surface area (Å²) in [5, 5.41) is 6.99. The van der Waals surface area contributed by atoms with Crippen molar-refractivity contribution in [3.8, 4) is 0 Å². The van der Waals surface area contributed by atoms with Gasteiger partial charge in [0.15, 0.2) is 0 Å². The average Bonchev–Trinajstić information content (AvgIpc) is 3.01. The van der Waals surface area contributed by atoms with E-state index in [-0.39, 0.29) is 5.91 Å². The summed E-state index contributed by atoms with van der Waals surface area (Å²) in [6.45, 7) is 0.673. The van der Waals surface area contributed by atoms with E-state index in [4.69, 9.17) is 0 Å². The third-order valence-electron chi connectivity index (χ3n) is 2.69. The molecule has 2 rings (SSSR count). The predicted octanol–water partition coefficient (Wildman–Crippen LogP) is 3.01. The van der Waals surface area contributed by atoms with E-state index in [1.165, 1.54) is 5.56 Å². The van der Waals surface area contributed by atoms with Crippen molar-refractivity contribution in [1.82, 2.24) is 15.1 Å². The summed E-state index contributed by atoms with van der Waals surface area (Å²) < 4.78 is 2.85. The number of amides is 1. The number of rotatable bonds is 6. The molecule has 2 heterocycles. The summed E-state index contributed by atoms with van der Waals surface area (Å²) in [5.41, 5.74) is 1.20. The first kappa shape index (κ1) is 15.0. The van der Waals surface area contributed by atoms with E-state index in [0.717, 1.165) is 21.5 Å². The Morgan fingerprint density at radius 2 is 2.40 bits per heavy atom. The molecule has 0 aliphatic heterocycles. The molecular weight excluding hydrogens is 338 g/mol. The highest BCUT2D eigenvalue weighted by Gasteiger charge is 1.99. The lowest BCUT2D eigenvalue weighted by Gasteiger charge is -2.00. The van der Waals surface area contributed by atoms with Gasteiger partial charge in [0.25, 0.3) is 0 Å². The zero-order valence-electron chi connectivity index (χ0n) is 11.2. The van der Waals surface area contributed by atoms with Crippen LogP contribution in [0.2, 0.25) is 0 Å². The SMILES string of the molecule is Cn1cc(CCCNC(=O)/C=C\c2ccc(Br)s2)cn1. The topological polar surface area (TPSA) is 46.9 Å². The molecule has 0 aliphatic carbocycles. The van der Waals surface area contributed by atoms with Crippen molar-refractivity contribution in [3.63, 3.8) is 0 Å². The van der Waals surface area contributed by atoms with Gasteiger partial charge in [-0.2, -0.15) is 5.10 Å². The third-order valence-corrected chi connectivity index (χ3v) is 4.28. The van der Waals surface area contributed by atoms with E-state index in [2.05, 4.69) is 26.3 Å². The Bertz CT molecular complexity index is 603. The minimum Gasteiger partial charge on any atom is -0.353 e. The Morgan fingerprint density at radius 1 is 1.55 bits per heavy atom. The zero-order valence-corrected chi connectivity index (χ0v) is 13.6. The fourth-order valence-corrected chi connectivity index (χ4v) is 3.07. The van der Waals surface area contributed by atoms with Crippen LogP contribution in [0.1, 0.15) is 16.9 Å². The van der Waals surface area contributed by atoms with E-state index in [1.807, 2.05) is 37.7 Å². The largest absolute Gasteiger partial charge is 0.353 e. The molecule has 20 heavy (non-hydrogen) atoms. The normalized spacial score (nSPS) is 11.1. The maximum absolute atomic E-state index is 11.6. The molecular formula is C14H16BrN3OS. The summed E-state index contributed by atoms with van der Waals surface area (Å²) in [4.78, 5) is 12.7. The summed E-state index contributed by atoms with van der Waals surface area (Å²) in [6.07, 6.45) is 9.09. The fraction of sp³-hybridized carbons (Fsp3) is 0.286. The Hall–Kier alpha value is -1.40. The first-order valence-electron chi connectivity index (χ1n) is 6.32. The van der Waals surface area contributed by atoms with Gasteiger partial charge in [0.1, 0.15) is 0 Å². The zero-order chi connectivity index (χ0) is 14.4. The molecule has 0 unspecified atom stereocenters. The number of hydrogen-bond donors (Lipinski definition) is 1. The van der Waals surface area contributed by atoms with Gasteiger partial charge >= 0.3 is 0 Å². The molecule has 0 aromatic carbocycles. The fourth-order valence-electron chi connectivity index (χ4n) is 1.74. The number of nitrogens with one attached hydrogen (secondary N) is 1. The molecule has 0 aliphatic rings. The monoisotopic (exact) mass is 353 g/mol. The molecule has 1 amide bonds. The molecule has 4 nitrogen and oxygen atoms in total. The van der Waals surface area contributed by atoms with Crippen LogP contribution in [0.4, 0.5) is 0 Å². The second-order valence-electron chi connectivity index (χ2n) is 4.39. The Balaban J connectivity index is 1.66. The summed E-state index contributed by atoms with van der Waals surface area (Å²) in [7, 11) is 1.90. The van der Waals surface area contributed by atoms with E-state index >= 15 is 0 Å². The number of aromatic nitrogens is 2. The molecule has 0 saturated carbocycles. The average molecular weight is 354 g/mol. The van der Waals surface area contributed by atoms with Crippen LogP contribution >= 0.6 is 27.3 Å². The predicted molar refractivity (Wildman–Crippen MR) is 85.6 cm³/mol. The summed E-state index contributed by atoms with van der Waals surface area (Å²) in [6, 6.07) is 3.94. The van der Waals surface area contributed by atoms with Gasteiger partial charge in [-0.1, -0.05) is 0 Å². The Labute approximate surface area is 130 Å². The second kappa shape index (κ2) is 7.40. The van der Waals surface area contributed by atoms with Crippen LogP contribution in [0.15, 0.2) is 34.4 Å². The van der Waals surface area contributed by atoms with Gasteiger partial charge in [0.2, 0.25) is 5.91 Å². The second-order valence-corrected chi connectivity index (χ2v) is 6.89. The molecule has 0 saturated heterocycles. The highest BCUT2D eigenvalue weighted by Crippen LogP contribution is 2.22. The minimum absolute atomic E-state index is 0.0549. The highest BCUT2D eigenvalue weighted by molar-refractivity contribution is 9.11. The van der Waals surface area contributed by atoms with Crippen molar-refractivity contribution in [1.29, 1.82) is 0 Å². The van der Waals surface area contributed by atoms with Crippen molar-refractivity contribution in [2.45, 2.75) is 12.8 Å². The molecule has 106 valence electrons. The van der Waals surface area contributed by atoms with Crippen LogP contribution in [0, 0.1) is 0 Å². The standard InChI is InChI=1S/C14H16BrN3OS/c1-18-10-11(9-17-18)3-2-8-16-14(19)7-5-12-4-6-13(15)20-12/h4-7,9-10H,2-3,8H2,1H3,(H,16,19)/b7-5-. The molecule has 0 radical (unpaired) electrons. The van der Waals surface area contributed by atoms with E-state index < -0.39 is 0 Å². The first-order valence-corrected chi connectivity index (χ1v) is 7.93. The molecule has 0 fully saturated rings. The first-order chi connectivity index (χ1) is 9.63. The summed E-state index contributed by atoms with van der Waals surface area (Å²) >= 11 is 4.99. The van der Waals surface area contributed by atoms with Crippen LogP contribution < -0.4 is 5.32 Å². The van der Waals surface area contributed by atoms with Crippen LogP contribution in [-0.4, -0.2) is 22.2 Å². The molecule has 2 aromatic heterocycles. The smallest absolute Gasteiger partial charge is 0.244 e. The minimum atomic E-state index is -0.0549. The lowest BCUT2D eigenvalue weighted by molar-refractivity contribution is -0.116. The van der Waals surface area contributed by atoms with E-state index in [9.17, 15) is 4.79 Å². The lowest BCUT2D eigenvalue weighted by Crippen LogP contribution is -2.22. The van der Waals surface area contributed by atoms with E-state index in [1.54, 1.807) is 22.1 Å². The van der Waals surface area contributed by atoms with Crippen molar-refractivity contribution in [2.75, 3.05) is 6.54 Å². The van der Waals surface area contributed by atoms with Gasteiger partial charge in [-0.25, -0.2) is 0 Å². The molecule has 0 atom stereocenters. The number of thiophene rings is 1. The number of carbonyl (C=O) groups is 1. The van der Waals surface area contributed by atoms with Gasteiger partial charge in [-0.15, -0.1) is 11.3 Å². The lowest BCUT2D eigenvalue weighted by atomic mass is 10.2. The van der Waals surface area contributed by atoms with Gasteiger partial charge in [0.05, 0.1) is 9.98 Å². The van der Waals surface area contributed by atoms with Crippen molar-refractivity contribution in [3.05, 3.63) is 44.8 Å². The maximum atomic E-state index is 11.6. The van der Waals surface area contributed by atoms with Crippen LogP contribution in [0.3, 0.4) is 0 Å². The molecule has 1 N–H and O–H groups in total. The third kappa shape index (κ3) is 4.94. The van der Waals surface area contributed by atoms with Crippen molar-refractivity contribution < 1.29 is 4.79 Å². The van der Waals surface area contributed by atoms with Crippen molar-refractivity contribution in [2.24, 2.45) is 7.05 Å². The van der Waals surface area contributed by atoms with Gasteiger partial charge in [-0.3, -0.25) is 9.48 Å². The maximum Gasteiger partial charge on any atom is 0.244 e. The van der Waals surface area contributed by atoms with Gasteiger partial charge < -0.3 is 5.32 Å². The summed E-state index contributed by atoms with van der Waals surface area (Å²) in [5.74, 6) is -0.0549. The molecule has 2 aromatic rings. The molecule has 6 heteroatoms.